The van der Waals surface area contributed by atoms with Crippen LogP contribution in [-0.2, 0) is 0 Å². The van der Waals surface area contributed by atoms with Crippen LogP contribution in [-0.4, -0.2) is 15.0 Å². The van der Waals surface area contributed by atoms with Gasteiger partial charge in [0.05, 0.1) is 34.9 Å². The van der Waals surface area contributed by atoms with Crippen LogP contribution >= 0.6 is 0 Å². The van der Waals surface area contributed by atoms with Crippen molar-refractivity contribution in [2.45, 2.75) is 6.92 Å². The van der Waals surface area contributed by atoms with E-state index in [4.69, 9.17) is 20.7 Å². The summed E-state index contributed by atoms with van der Waals surface area (Å²) in [6, 6.07) is 48.7. The van der Waals surface area contributed by atoms with Gasteiger partial charge >= 0.3 is 0 Å². The number of hydrogen-bond donors (Lipinski definition) is 1. The van der Waals surface area contributed by atoms with Gasteiger partial charge < -0.3 is 5.73 Å². The molecule has 7 heteroatoms. The van der Waals surface area contributed by atoms with Crippen LogP contribution in [0.4, 0.5) is 5.69 Å². The SMILES string of the molecule is Cc1cc(-c2cccc(C#N)c2)ccc1-c1nc(-c2ccc(-c3cccc(C#N)c3)cc2)nc(-c2ccc(-c3cccc(C#N)c3)cc2N)n1. The Morgan fingerprint density at radius 2 is 0.820 bits per heavy atom. The normalized spacial score (nSPS) is 10.5. The maximum absolute atomic E-state index is 9.40. The molecule has 0 aliphatic heterocycles. The number of hydrogen-bond acceptors (Lipinski definition) is 7. The van der Waals surface area contributed by atoms with Crippen molar-refractivity contribution in [3.05, 3.63) is 156 Å². The van der Waals surface area contributed by atoms with Crippen molar-refractivity contribution in [1.29, 1.82) is 15.8 Å². The number of aromatic nitrogens is 3. The average Bonchev–Trinajstić information content (AvgIpc) is 3.17. The van der Waals surface area contributed by atoms with Gasteiger partial charge in [-0.3, -0.25) is 0 Å². The highest BCUT2D eigenvalue weighted by molar-refractivity contribution is 5.81. The molecule has 0 radical (unpaired) electrons. The van der Waals surface area contributed by atoms with Crippen LogP contribution < -0.4 is 5.73 Å². The Bertz CT molecular complexity index is 2420. The number of anilines is 1. The maximum Gasteiger partial charge on any atom is 0.166 e. The molecule has 0 fully saturated rings. The van der Waals surface area contributed by atoms with E-state index in [1.54, 1.807) is 18.2 Å². The summed E-state index contributed by atoms with van der Waals surface area (Å²) in [5.74, 6) is 1.41. The van der Waals surface area contributed by atoms with Crippen LogP contribution in [0.3, 0.4) is 0 Å². The zero-order valence-corrected chi connectivity index (χ0v) is 27.0. The summed E-state index contributed by atoms with van der Waals surface area (Å²) in [7, 11) is 0. The number of aryl methyl sites for hydroxylation is 1. The summed E-state index contributed by atoms with van der Waals surface area (Å²) in [5.41, 5.74) is 17.8. The predicted octanol–water partition coefficient (Wildman–Crippen LogP) is 9.38. The second-order valence-electron chi connectivity index (χ2n) is 11.8. The van der Waals surface area contributed by atoms with Crippen molar-refractivity contribution in [3.8, 4) is 85.8 Å². The minimum Gasteiger partial charge on any atom is -0.398 e. The lowest BCUT2D eigenvalue weighted by Crippen LogP contribution is -2.03. The number of nitrogens with zero attached hydrogens (tertiary/aromatic N) is 6. The zero-order valence-electron chi connectivity index (χ0n) is 27.0. The fraction of sp³-hybridized carbons (Fsp3) is 0.0233. The summed E-state index contributed by atoms with van der Waals surface area (Å²) < 4.78 is 0. The van der Waals surface area contributed by atoms with Crippen molar-refractivity contribution in [2.24, 2.45) is 0 Å². The quantitative estimate of drug-likeness (QED) is 0.179. The third-order valence-electron chi connectivity index (χ3n) is 8.51. The Kier molecular flexibility index (Phi) is 8.35. The second kappa shape index (κ2) is 13.4. The van der Waals surface area contributed by atoms with E-state index in [9.17, 15) is 15.8 Å². The van der Waals surface area contributed by atoms with Gasteiger partial charge in [0.15, 0.2) is 17.5 Å². The third kappa shape index (κ3) is 6.29. The van der Waals surface area contributed by atoms with Gasteiger partial charge in [-0.25, -0.2) is 15.0 Å². The molecule has 0 spiro atoms. The van der Waals surface area contributed by atoms with Gasteiger partial charge in [0.25, 0.3) is 0 Å². The first-order valence-corrected chi connectivity index (χ1v) is 15.8. The predicted molar refractivity (Wildman–Crippen MR) is 196 cm³/mol. The number of rotatable bonds is 6. The van der Waals surface area contributed by atoms with Crippen LogP contribution in [0.2, 0.25) is 0 Å². The van der Waals surface area contributed by atoms with E-state index in [-0.39, 0.29) is 0 Å². The van der Waals surface area contributed by atoms with Crippen molar-refractivity contribution in [1.82, 2.24) is 15.0 Å². The molecule has 0 saturated carbocycles. The van der Waals surface area contributed by atoms with E-state index in [2.05, 4.69) is 24.3 Å². The smallest absolute Gasteiger partial charge is 0.166 e. The van der Waals surface area contributed by atoms with E-state index in [1.807, 2.05) is 116 Å². The van der Waals surface area contributed by atoms with E-state index in [0.717, 1.165) is 50.1 Å². The highest BCUT2D eigenvalue weighted by Crippen LogP contribution is 2.34. The number of nitriles is 3. The summed E-state index contributed by atoms with van der Waals surface area (Å²) >= 11 is 0. The molecular formula is C43H27N7. The van der Waals surface area contributed by atoms with Gasteiger partial charge in [-0.1, -0.05) is 84.9 Å². The zero-order chi connectivity index (χ0) is 34.6. The van der Waals surface area contributed by atoms with Gasteiger partial charge in [0.1, 0.15) is 0 Å². The van der Waals surface area contributed by atoms with Gasteiger partial charge in [-0.2, -0.15) is 15.8 Å². The Morgan fingerprint density at radius 1 is 0.420 bits per heavy atom. The molecule has 1 aromatic heterocycles. The van der Waals surface area contributed by atoms with Crippen LogP contribution in [0.15, 0.2) is 133 Å². The summed E-state index contributed by atoms with van der Waals surface area (Å²) in [4.78, 5) is 14.8. The molecule has 7 nitrogen and oxygen atoms in total. The van der Waals surface area contributed by atoms with Crippen LogP contribution in [0.1, 0.15) is 22.3 Å². The van der Waals surface area contributed by atoms with Gasteiger partial charge in [0.2, 0.25) is 0 Å². The molecule has 6 aromatic carbocycles. The van der Waals surface area contributed by atoms with Gasteiger partial charge in [-0.05, 0) is 94.4 Å². The Morgan fingerprint density at radius 3 is 1.32 bits per heavy atom. The molecule has 0 saturated heterocycles. The molecule has 50 heavy (non-hydrogen) atoms. The molecule has 2 N–H and O–H groups in total. The fourth-order valence-electron chi connectivity index (χ4n) is 5.90. The lowest BCUT2D eigenvalue weighted by molar-refractivity contribution is 1.07. The largest absolute Gasteiger partial charge is 0.398 e. The van der Waals surface area contributed by atoms with E-state index >= 15 is 0 Å². The van der Waals surface area contributed by atoms with E-state index < -0.39 is 0 Å². The molecule has 0 aliphatic rings. The molecule has 0 unspecified atom stereocenters. The minimum atomic E-state index is 0.427. The van der Waals surface area contributed by atoms with Crippen LogP contribution in [0, 0.1) is 40.9 Å². The topological polar surface area (TPSA) is 136 Å². The molecule has 0 aliphatic carbocycles. The molecule has 0 atom stereocenters. The molecule has 234 valence electrons. The molecule has 7 rings (SSSR count). The number of benzene rings is 6. The highest BCUT2D eigenvalue weighted by atomic mass is 15.0. The molecule has 0 amide bonds. The summed E-state index contributed by atoms with van der Waals surface area (Å²) in [5, 5.41) is 28.1. The van der Waals surface area contributed by atoms with Crippen molar-refractivity contribution in [3.63, 3.8) is 0 Å². The lowest BCUT2D eigenvalue weighted by atomic mass is 9.98. The van der Waals surface area contributed by atoms with Gasteiger partial charge in [-0.15, -0.1) is 0 Å². The third-order valence-corrected chi connectivity index (χ3v) is 8.51. The monoisotopic (exact) mass is 641 g/mol. The molecule has 1 heterocycles. The van der Waals surface area contributed by atoms with Crippen molar-refractivity contribution < 1.29 is 0 Å². The average molecular weight is 642 g/mol. The molecule has 0 bridgehead atoms. The lowest BCUT2D eigenvalue weighted by Gasteiger charge is -2.13. The first-order chi connectivity index (χ1) is 24.4. The minimum absolute atomic E-state index is 0.427. The second-order valence-corrected chi connectivity index (χ2v) is 11.8. The Hall–Kier alpha value is -7.40. The van der Waals surface area contributed by atoms with E-state index in [0.29, 0.717) is 45.4 Å². The first kappa shape index (κ1) is 31.2. The Balaban J connectivity index is 1.33. The molecular weight excluding hydrogens is 615 g/mol. The summed E-state index contributed by atoms with van der Waals surface area (Å²) in [6.07, 6.45) is 0. The van der Waals surface area contributed by atoms with Crippen molar-refractivity contribution in [2.75, 3.05) is 5.73 Å². The fourth-order valence-corrected chi connectivity index (χ4v) is 5.90. The van der Waals surface area contributed by atoms with Crippen molar-refractivity contribution >= 4 is 5.69 Å². The Labute approximate surface area is 289 Å². The maximum atomic E-state index is 9.40. The number of nitrogen functional groups attached to an aromatic ring is 1. The van der Waals surface area contributed by atoms with Gasteiger partial charge in [0, 0.05) is 22.4 Å². The number of nitrogens with two attached hydrogens (primary N) is 1. The standard InChI is InChI=1S/C43H27N7/c1-27-19-36(34-9-3-6-29(21-34)25-45)15-17-38(27)42-48-41(32-13-11-31(12-14-32)33-8-2-5-28(20-33)24-44)49-43(50-42)39-18-16-37(23-40(39)47)35-10-4-7-30(22-35)26-46/h2-23H,47H2,1H3. The van der Waals surface area contributed by atoms with Crippen LogP contribution in [0.5, 0.6) is 0 Å². The van der Waals surface area contributed by atoms with E-state index in [1.165, 1.54) is 0 Å². The molecule has 7 aromatic rings. The first-order valence-electron chi connectivity index (χ1n) is 15.8. The van der Waals surface area contributed by atoms with Crippen LogP contribution in [0.25, 0.3) is 67.5 Å². The highest BCUT2D eigenvalue weighted by Gasteiger charge is 2.17. The summed E-state index contributed by atoms with van der Waals surface area (Å²) in [6.45, 7) is 2.01.